The largest absolute Gasteiger partial charge is 0.393 e. The first kappa shape index (κ1) is 24.1. The number of nitrogens with zero attached hydrogens (tertiary/aromatic N) is 5. The maximum absolute atomic E-state index is 12.8. The maximum atomic E-state index is 12.8. The van der Waals surface area contributed by atoms with Crippen LogP contribution in [0.2, 0.25) is 0 Å². The summed E-state index contributed by atoms with van der Waals surface area (Å²) in [4.78, 5) is 29.1. The predicted molar refractivity (Wildman–Crippen MR) is 141 cm³/mol. The van der Waals surface area contributed by atoms with Crippen molar-refractivity contribution in [2.75, 3.05) is 36.9 Å². The van der Waals surface area contributed by atoms with Crippen LogP contribution in [0.1, 0.15) is 67.8 Å². The molecule has 1 amide bonds. The number of benzene rings is 1. The molecule has 3 N–H and O–H groups in total. The van der Waals surface area contributed by atoms with Crippen molar-refractivity contribution in [1.82, 2.24) is 24.4 Å². The summed E-state index contributed by atoms with van der Waals surface area (Å²) in [6.45, 7) is 2.41. The summed E-state index contributed by atoms with van der Waals surface area (Å²) in [5, 5.41) is 16.8. The van der Waals surface area contributed by atoms with Gasteiger partial charge in [-0.2, -0.15) is 9.97 Å². The molecule has 1 aliphatic heterocycles. The van der Waals surface area contributed by atoms with Crippen molar-refractivity contribution in [3.8, 4) is 0 Å². The van der Waals surface area contributed by atoms with E-state index in [-0.39, 0.29) is 18.1 Å². The van der Waals surface area contributed by atoms with Crippen molar-refractivity contribution >= 4 is 34.5 Å². The van der Waals surface area contributed by atoms with Gasteiger partial charge in [-0.05, 0) is 62.8 Å². The van der Waals surface area contributed by atoms with Gasteiger partial charge in [-0.3, -0.25) is 4.79 Å². The van der Waals surface area contributed by atoms with Crippen LogP contribution in [0.5, 0.6) is 0 Å². The third kappa shape index (κ3) is 5.26. The highest BCUT2D eigenvalue weighted by atomic mass is 16.5. The van der Waals surface area contributed by atoms with Gasteiger partial charge in [-0.15, -0.1) is 0 Å². The van der Waals surface area contributed by atoms with E-state index in [4.69, 9.17) is 19.7 Å². The lowest BCUT2D eigenvalue weighted by atomic mass is 9.93. The number of anilines is 3. The number of imidazole rings is 1. The Labute approximate surface area is 216 Å². The fourth-order valence-corrected chi connectivity index (χ4v) is 5.70. The first-order valence-corrected chi connectivity index (χ1v) is 13.6. The topological polar surface area (TPSA) is 117 Å². The number of hydrogen-bond donors (Lipinski definition) is 3. The third-order valence-electron chi connectivity index (χ3n) is 7.86. The van der Waals surface area contributed by atoms with Crippen molar-refractivity contribution in [3.05, 3.63) is 36.2 Å². The van der Waals surface area contributed by atoms with Crippen LogP contribution in [0.15, 0.2) is 30.6 Å². The lowest BCUT2D eigenvalue weighted by Crippen LogP contribution is -2.40. The normalized spacial score (nSPS) is 22.9. The van der Waals surface area contributed by atoms with E-state index in [1.165, 1.54) is 12.8 Å². The average Bonchev–Trinajstić information content (AvgIpc) is 3.61. The standard InChI is InChI=1S/C27H35N7O3/c35-22-11-9-20(10-12-22)30-27-31-24(23-25(32-27)34(17-28-23)21-3-1-2-4-21)29-19-7-5-18(6-8-19)26(36)33-13-15-37-16-14-33/h5-8,17,20-22,35H,1-4,9-16H2,(H2,29,30,31,32). The van der Waals surface area contributed by atoms with Gasteiger partial charge in [0.1, 0.15) is 0 Å². The molecule has 3 aliphatic rings. The quantitative estimate of drug-likeness (QED) is 0.462. The molecule has 10 nitrogen and oxygen atoms in total. The minimum absolute atomic E-state index is 0.0265. The van der Waals surface area contributed by atoms with Crippen molar-refractivity contribution in [3.63, 3.8) is 0 Å². The van der Waals surface area contributed by atoms with E-state index in [1.807, 2.05) is 35.5 Å². The Morgan fingerprint density at radius 1 is 0.973 bits per heavy atom. The summed E-state index contributed by atoms with van der Waals surface area (Å²) in [5.41, 5.74) is 3.07. The summed E-state index contributed by atoms with van der Waals surface area (Å²) in [7, 11) is 0. The summed E-state index contributed by atoms with van der Waals surface area (Å²) >= 11 is 0. The van der Waals surface area contributed by atoms with Gasteiger partial charge in [-0.1, -0.05) is 12.8 Å². The number of fused-ring (bicyclic) bond motifs is 1. The number of amides is 1. The highest BCUT2D eigenvalue weighted by Gasteiger charge is 2.24. The van der Waals surface area contributed by atoms with Crippen LogP contribution in [0.25, 0.3) is 11.2 Å². The summed E-state index contributed by atoms with van der Waals surface area (Å²) in [5.74, 6) is 1.25. The molecule has 196 valence electrons. The molecule has 10 heteroatoms. The van der Waals surface area contributed by atoms with Crippen LogP contribution in [-0.4, -0.2) is 73.9 Å². The monoisotopic (exact) mass is 505 g/mol. The zero-order chi connectivity index (χ0) is 25.2. The molecule has 3 fully saturated rings. The van der Waals surface area contributed by atoms with Crippen LogP contribution >= 0.6 is 0 Å². The van der Waals surface area contributed by atoms with E-state index in [2.05, 4.69) is 15.2 Å². The number of hydrogen-bond acceptors (Lipinski definition) is 8. The van der Waals surface area contributed by atoms with Gasteiger partial charge in [0.15, 0.2) is 17.0 Å². The second-order valence-electron chi connectivity index (χ2n) is 10.4. The second kappa shape index (κ2) is 10.6. The fourth-order valence-electron chi connectivity index (χ4n) is 5.70. The molecule has 37 heavy (non-hydrogen) atoms. The fraction of sp³-hybridized carbons (Fsp3) is 0.556. The first-order valence-electron chi connectivity index (χ1n) is 13.6. The SMILES string of the molecule is O=C(c1ccc(Nc2nc(NC3CCC(O)CC3)nc3c2ncn3C2CCCC2)cc1)N1CCOCC1. The highest BCUT2D eigenvalue weighted by Crippen LogP contribution is 2.34. The van der Waals surface area contributed by atoms with E-state index in [0.717, 1.165) is 55.4 Å². The first-order chi connectivity index (χ1) is 18.1. The molecular formula is C27H35N7O3. The number of carbonyl (C=O) groups excluding carboxylic acids is 1. The molecular weight excluding hydrogens is 470 g/mol. The number of nitrogens with one attached hydrogen (secondary N) is 2. The summed E-state index contributed by atoms with van der Waals surface area (Å²) in [6, 6.07) is 8.17. The molecule has 0 atom stereocenters. The molecule has 0 spiro atoms. The van der Waals surface area contributed by atoms with Gasteiger partial charge in [0.2, 0.25) is 5.95 Å². The Kier molecular flexibility index (Phi) is 6.93. The van der Waals surface area contributed by atoms with Gasteiger partial charge >= 0.3 is 0 Å². The number of aliphatic hydroxyl groups excluding tert-OH is 1. The lowest BCUT2D eigenvalue weighted by molar-refractivity contribution is 0.0303. The molecule has 3 aromatic rings. The number of morpholine rings is 1. The number of carbonyl (C=O) groups is 1. The van der Waals surface area contributed by atoms with E-state index in [9.17, 15) is 9.90 Å². The molecule has 0 radical (unpaired) electrons. The number of aliphatic hydroxyl groups is 1. The third-order valence-corrected chi connectivity index (χ3v) is 7.86. The Hall–Kier alpha value is -3.24. The molecule has 2 aromatic heterocycles. The Morgan fingerprint density at radius 3 is 2.43 bits per heavy atom. The molecule has 2 aliphatic carbocycles. The maximum Gasteiger partial charge on any atom is 0.254 e. The van der Waals surface area contributed by atoms with E-state index >= 15 is 0 Å². The van der Waals surface area contributed by atoms with E-state index < -0.39 is 0 Å². The van der Waals surface area contributed by atoms with Crippen LogP contribution in [-0.2, 0) is 4.74 Å². The second-order valence-corrected chi connectivity index (χ2v) is 10.4. The Bertz CT molecular complexity index is 1220. The number of rotatable bonds is 6. The van der Waals surface area contributed by atoms with Crippen molar-refractivity contribution in [1.29, 1.82) is 0 Å². The van der Waals surface area contributed by atoms with E-state index in [1.54, 1.807) is 0 Å². The van der Waals surface area contributed by atoms with Gasteiger partial charge < -0.3 is 29.9 Å². The molecule has 0 bridgehead atoms. The smallest absolute Gasteiger partial charge is 0.254 e. The van der Waals surface area contributed by atoms with Crippen molar-refractivity contribution in [2.45, 2.75) is 69.6 Å². The van der Waals surface area contributed by atoms with Crippen LogP contribution in [0.4, 0.5) is 17.5 Å². The minimum atomic E-state index is -0.208. The van der Waals surface area contributed by atoms with Crippen molar-refractivity contribution < 1.29 is 14.6 Å². The zero-order valence-electron chi connectivity index (χ0n) is 21.1. The Morgan fingerprint density at radius 2 is 1.70 bits per heavy atom. The van der Waals surface area contributed by atoms with Gasteiger partial charge in [0.25, 0.3) is 5.91 Å². The molecule has 1 aromatic carbocycles. The van der Waals surface area contributed by atoms with Gasteiger partial charge in [-0.25, -0.2) is 4.98 Å². The Balaban J connectivity index is 1.26. The molecule has 6 rings (SSSR count). The molecule has 3 heterocycles. The number of aromatic nitrogens is 4. The molecule has 2 saturated carbocycles. The zero-order valence-corrected chi connectivity index (χ0v) is 21.1. The highest BCUT2D eigenvalue weighted by molar-refractivity contribution is 5.95. The van der Waals surface area contributed by atoms with Gasteiger partial charge in [0.05, 0.1) is 25.6 Å². The van der Waals surface area contributed by atoms with Crippen LogP contribution < -0.4 is 10.6 Å². The molecule has 0 unspecified atom stereocenters. The van der Waals surface area contributed by atoms with Crippen LogP contribution in [0, 0.1) is 0 Å². The lowest BCUT2D eigenvalue weighted by Gasteiger charge is -2.27. The van der Waals surface area contributed by atoms with Crippen molar-refractivity contribution in [2.24, 2.45) is 0 Å². The minimum Gasteiger partial charge on any atom is -0.393 e. The van der Waals surface area contributed by atoms with E-state index in [0.29, 0.717) is 49.7 Å². The average molecular weight is 506 g/mol. The predicted octanol–water partition coefficient (Wildman–Crippen LogP) is 3.87. The summed E-state index contributed by atoms with van der Waals surface area (Å²) in [6.07, 6.45) is 9.79. The van der Waals surface area contributed by atoms with Crippen LogP contribution in [0.3, 0.4) is 0 Å². The van der Waals surface area contributed by atoms with Gasteiger partial charge in [0, 0.05) is 36.4 Å². The number of ether oxygens (including phenoxy) is 1. The molecule has 1 saturated heterocycles. The summed E-state index contributed by atoms with van der Waals surface area (Å²) < 4.78 is 7.57.